The monoisotopic (exact) mass is 176 g/mol. The molecule has 1 aromatic heterocycles. The summed E-state index contributed by atoms with van der Waals surface area (Å²) in [7, 11) is 1.56. The second-order valence-corrected chi connectivity index (χ2v) is 2.66. The standard InChI is InChI=1S/C10H8O3/c1-12-8-3-2-7-4-5-13-10(11)9(7)6-8/h2-6H,1H3. The Morgan fingerprint density at radius 2 is 2.15 bits per heavy atom. The molecule has 2 rings (SSSR count). The predicted octanol–water partition coefficient (Wildman–Crippen LogP) is 1.80. The van der Waals surface area contributed by atoms with Crippen LogP contribution >= 0.6 is 0 Å². The first-order valence-electron chi connectivity index (χ1n) is 3.87. The summed E-state index contributed by atoms with van der Waals surface area (Å²) in [5.41, 5.74) is -0.337. The lowest BCUT2D eigenvalue weighted by molar-refractivity contribution is 0.415. The molecule has 13 heavy (non-hydrogen) atoms. The molecule has 0 saturated heterocycles. The molecule has 3 nitrogen and oxygen atoms in total. The smallest absolute Gasteiger partial charge is 0.343 e. The first kappa shape index (κ1) is 7.86. The van der Waals surface area contributed by atoms with E-state index in [1.807, 2.05) is 12.1 Å². The van der Waals surface area contributed by atoms with E-state index in [0.717, 1.165) is 5.39 Å². The van der Waals surface area contributed by atoms with Gasteiger partial charge >= 0.3 is 5.63 Å². The van der Waals surface area contributed by atoms with E-state index in [-0.39, 0.29) is 5.63 Å². The molecule has 0 N–H and O–H groups in total. The van der Waals surface area contributed by atoms with E-state index in [0.29, 0.717) is 11.1 Å². The molecule has 0 atom stereocenters. The fourth-order valence-corrected chi connectivity index (χ4v) is 1.22. The van der Waals surface area contributed by atoms with Crippen molar-refractivity contribution in [2.24, 2.45) is 0 Å². The fourth-order valence-electron chi connectivity index (χ4n) is 1.22. The molecule has 1 heterocycles. The predicted molar refractivity (Wildman–Crippen MR) is 49.0 cm³/mol. The highest BCUT2D eigenvalue weighted by atomic mass is 16.5. The van der Waals surface area contributed by atoms with Gasteiger partial charge in [-0.3, -0.25) is 0 Å². The summed E-state index contributed by atoms with van der Waals surface area (Å²) in [5.74, 6) is 0.658. The highest BCUT2D eigenvalue weighted by Crippen LogP contribution is 2.17. The minimum absolute atomic E-state index is 0.337. The molecule has 0 radical (unpaired) electrons. The van der Waals surface area contributed by atoms with Crippen LogP contribution in [0.3, 0.4) is 0 Å². The fraction of sp³-hybridized carbons (Fsp3) is 0.100. The Balaban J connectivity index is 2.82. The molecule has 0 aliphatic heterocycles. The van der Waals surface area contributed by atoms with E-state index >= 15 is 0 Å². The Labute approximate surface area is 74.6 Å². The van der Waals surface area contributed by atoms with Crippen molar-refractivity contribution < 1.29 is 9.15 Å². The van der Waals surface area contributed by atoms with Crippen molar-refractivity contribution in [2.75, 3.05) is 7.11 Å². The molecule has 3 heteroatoms. The summed E-state index contributed by atoms with van der Waals surface area (Å²) in [6.45, 7) is 0. The molecule has 0 unspecified atom stereocenters. The van der Waals surface area contributed by atoms with Crippen LogP contribution < -0.4 is 10.4 Å². The summed E-state index contributed by atoms with van der Waals surface area (Å²) in [6, 6.07) is 7.05. The lowest BCUT2D eigenvalue weighted by Gasteiger charge is -1.99. The molecular weight excluding hydrogens is 168 g/mol. The highest BCUT2D eigenvalue weighted by Gasteiger charge is 2.00. The molecular formula is C10H8O3. The van der Waals surface area contributed by atoms with Crippen molar-refractivity contribution in [1.29, 1.82) is 0 Å². The first-order valence-corrected chi connectivity index (χ1v) is 3.87. The van der Waals surface area contributed by atoms with Crippen LogP contribution in [-0.4, -0.2) is 7.11 Å². The number of fused-ring (bicyclic) bond motifs is 1. The number of rotatable bonds is 1. The van der Waals surface area contributed by atoms with Gasteiger partial charge in [-0.1, -0.05) is 6.07 Å². The van der Waals surface area contributed by atoms with Crippen molar-refractivity contribution in [1.82, 2.24) is 0 Å². The number of ether oxygens (including phenoxy) is 1. The van der Waals surface area contributed by atoms with E-state index in [9.17, 15) is 4.79 Å². The van der Waals surface area contributed by atoms with Crippen LogP contribution in [0.15, 0.2) is 39.7 Å². The van der Waals surface area contributed by atoms with Gasteiger partial charge in [-0.2, -0.15) is 0 Å². The van der Waals surface area contributed by atoms with Gasteiger partial charge in [-0.15, -0.1) is 0 Å². The Morgan fingerprint density at radius 1 is 1.31 bits per heavy atom. The lowest BCUT2D eigenvalue weighted by atomic mass is 10.2. The van der Waals surface area contributed by atoms with Gasteiger partial charge in [0.05, 0.1) is 18.8 Å². The summed E-state index contributed by atoms with van der Waals surface area (Å²) < 4.78 is 9.73. The zero-order valence-corrected chi connectivity index (χ0v) is 7.11. The molecule has 0 aliphatic rings. The van der Waals surface area contributed by atoms with E-state index in [2.05, 4.69) is 0 Å². The van der Waals surface area contributed by atoms with E-state index in [4.69, 9.17) is 9.15 Å². The number of benzene rings is 1. The van der Waals surface area contributed by atoms with Crippen molar-refractivity contribution in [2.45, 2.75) is 0 Å². The van der Waals surface area contributed by atoms with Crippen LogP contribution in [-0.2, 0) is 0 Å². The second kappa shape index (κ2) is 2.94. The molecule has 0 fully saturated rings. The van der Waals surface area contributed by atoms with Crippen molar-refractivity contribution in [3.63, 3.8) is 0 Å². The number of methoxy groups -OCH3 is 1. The maximum Gasteiger partial charge on any atom is 0.343 e. The summed E-state index contributed by atoms with van der Waals surface area (Å²) >= 11 is 0. The number of hydrogen-bond donors (Lipinski definition) is 0. The van der Waals surface area contributed by atoms with Crippen LogP contribution in [0.4, 0.5) is 0 Å². The minimum atomic E-state index is -0.337. The zero-order valence-electron chi connectivity index (χ0n) is 7.11. The van der Waals surface area contributed by atoms with Crippen LogP contribution in [0.1, 0.15) is 0 Å². The van der Waals surface area contributed by atoms with Gasteiger partial charge in [0.1, 0.15) is 5.75 Å². The molecule has 66 valence electrons. The van der Waals surface area contributed by atoms with Crippen LogP contribution in [0.2, 0.25) is 0 Å². The van der Waals surface area contributed by atoms with Gasteiger partial charge < -0.3 is 9.15 Å². The minimum Gasteiger partial charge on any atom is -0.497 e. The summed E-state index contributed by atoms with van der Waals surface area (Å²) in [5, 5.41) is 1.40. The molecule has 2 aromatic rings. The zero-order chi connectivity index (χ0) is 9.26. The quantitative estimate of drug-likeness (QED) is 0.665. The van der Waals surface area contributed by atoms with Crippen LogP contribution in [0.25, 0.3) is 10.8 Å². The average Bonchev–Trinajstić information content (AvgIpc) is 2.18. The number of hydrogen-bond acceptors (Lipinski definition) is 3. The summed E-state index contributed by atoms with van der Waals surface area (Å²) in [4.78, 5) is 11.2. The van der Waals surface area contributed by atoms with E-state index in [1.165, 1.54) is 6.26 Å². The van der Waals surface area contributed by atoms with Crippen LogP contribution in [0, 0.1) is 0 Å². The highest BCUT2D eigenvalue weighted by molar-refractivity contribution is 5.82. The van der Waals surface area contributed by atoms with E-state index in [1.54, 1.807) is 19.2 Å². The Hall–Kier alpha value is -1.77. The third-order valence-corrected chi connectivity index (χ3v) is 1.90. The average molecular weight is 176 g/mol. The molecule has 0 amide bonds. The SMILES string of the molecule is COc1ccc2ccoc(=O)c2c1. The molecule has 0 aliphatic carbocycles. The Bertz CT molecular complexity index is 485. The molecule has 0 spiro atoms. The third-order valence-electron chi connectivity index (χ3n) is 1.90. The van der Waals surface area contributed by atoms with Gasteiger partial charge in [0.2, 0.25) is 0 Å². The topological polar surface area (TPSA) is 39.4 Å². The van der Waals surface area contributed by atoms with Crippen molar-refractivity contribution >= 4 is 10.8 Å². The van der Waals surface area contributed by atoms with Crippen molar-refractivity contribution in [3.8, 4) is 5.75 Å². The maximum atomic E-state index is 11.2. The van der Waals surface area contributed by atoms with Gasteiger partial charge in [0.25, 0.3) is 0 Å². The van der Waals surface area contributed by atoms with Gasteiger partial charge in [-0.25, -0.2) is 4.79 Å². The molecule has 0 bridgehead atoms. The van der Waals surface area contributed by atoms with Crippen molar-refractivity contribution in [3.05, 3.63) is 40.9 Å². The second-order valence-electron chi connectivity index (χ2n) is 2.66. The van der Waals surface area contributed by atoms with Crippen LogP contribution in [0.5, 0.6) is 5.75 Å². The van der Waals surface area contributed by atoms with Gasteiger partial charge in [0.15, 0.2) is 0 Å². The van der Waals surface area contributed by atoms with Gasteiger partial charge in [-0.05, 0) is 23.6 Å². The Kier molecular flexibility index (Phi) is 1.77. The molecule has 1 aromatic carbocycles. The normalized spacial score (nSPS) is 10.2. The van der Waals surface area contributed by atoms with Gasteiger partial charge in [0, 0.05) is 0 Å². The maximum absolute atomic E-state index is 11.2. The first-order chi connectivity index (χ1) is 6.31. The largest absolute Gasteiger partial charge is 0.497 e. The lowest BCUT2D eigenvalue weighted by Crippen LogP contribution is -1.97. The van der Waals surface area contributed by atoms with E-state index < -0.39 is 0 Å². The molecule has 0 saturated carbocycles. The Morgan fingerprint density at radius 3 is 2.92 bits per heavy atom. The third kappa shape index (κ3) is 1.28. The summed E-state index contributed by atoms with van der Waals surface area (Å²) in [6.07, 6.45) is 1.39.